The maximum Gasteiger partial charge on any atom is 0.223 e. The van der Waals surface area contributed by atoms with Crippen LogP contribution in [0.2, 0.25) is 0 Å². The van der Waals surface area contributed by atoms with Gasteiger partial charge < -0.3 is 5.32 Å². The summed E-state index contributed by atoms with van der Waals surface area (Å²) in [6, 6.07) is 21.4. The van der Waals surface area contributed by atoms with Crippen molar-refractivity contribution in [2.24, 2.45) is 11.3 Å². The number of hydrogen-bond donors (Lipinski definition) is 1. The molecule has 3 aliphatic rings. The number of likely N-dealkylation sites (tertiary alicyclic amines) is 1. The number of hydrogen-bond acceptors (Lipinski definition) is 3. The summed E-state index contributed by atoms with van der Waals surface area (Å²) in [5.74, 6) is 0.515. The molecule has 6 rings (SSSR count). The molecule has 1 unspecified atom stereocenters. The SMILES string of the molecule is O=C(NCC1(c2ccccc2)CCCC1)C1CC12CCN(Cc1ccnc3ccccc13)CC2. The molecule has 2 aliphatic carbocycles. The molecule has 34 heavy (non-hydrogen) atoms. The first-order valence-corrected chi connectivity index (χ1v) is 13.1. The number of nitrogens with zero attached hydrogens (tertiary/aromatic N) is 2. The molecule has 3 aromatic rings. The van der Waals surface area contributed by atoms with Crippen LogP contribution in [0.5, 0.6) is 0 Å². The molecule has 0 radical (unpaired) electrons. The highest BCUT2D eigenvalue weighted by Crippen LogP contribution is 2.59. The van der Waals surface area contributed by atoms with Crippen molar-refractivity contribution in [2.45, 2.75) is 56.9 Å². The molecule has 2 saturated carbocycles. The van der Waals surface area contributed by atoms with Crippen LogP contribution in [0.25, 0.3) is 10.9 Å². The van der Waals surface area contributed by atoms with Gasteiger partial charge in [0.15, 0.2) is 0 Å². The topological polar surface area (TPSA) is 45.2 Å². The zero-order valence-electron chi connectivity index (χ0n) is 20.0. The lowest BCUT2D eigenvalue weighted by atomic mass is 9.78. The third-order valence-corrected chi connectivity index (χ3v) is 9.04. The van der Waals surface area contributed by atoms with E-state index in [9.17, 15) is 4.79 Å². The molecule has 4 nitrogen and oxygen atoms in total. The molecule has 176 valence electrons. The number of piperidine rings is 1. The van der Waals surface area contributed by atoms with Crippen molar-refractivity contribution in [3.05, 3.63) is 78.0 Å². The van der Waals surface area contributed by atoms with Crippen LogP contribution in [0, 0.1) is 11.3 Å². The van der Waals surface area contributed by atoms with Gasteiger partial charge in [0.05, 0.1) is 5.52 Å². The van der Waals surface area contributed by atoms with Crippen molar-refractivity contribution in [3.63, 3.8) is 0 Å². The molecule has 1 aliphatic heterocycles. The van der Waals surface area contributed by atoms with Crippen LogP contribution in [0.1, 0.15) is 56.1 Å². The third kappa shape index (κ3) is 4.02. The molecule has 1 atom stereocenters. The van der Waals surface area contributed by atoms with Crippen molar-refractivity contribution in [1.82, 2.24) is 15.2 Å². The standard InChI is InChI=1S/C30H35N3O/c34-28(32-22-30(13-6-7-14-30)24-8-2-1-3-9-24)26-20-29(26)15-18-33(19-16-29)21-23-12-17-31-27-11-5-4-10-25(23)27/h1-5,8-12,17,26H,6-7,13-16,18-22H2,(H,32,34). The van der Waals surface area contributed by atoms with Crippen LogP contribution in [0.4, 0.5) is 0 Å². The normalized spacial score (nSPS) is 23.2. The number of rotatable bonds is 6. The summed E-state index contributed by atoms with van der Waals surface area (Å²) in [6.45, 7) is 3.92. The Labute approximate surface area is 202 Å². The quantitative estimate of drug-likeness (QED) is 0.539. The maximum absolute atomic E-state index is 13.2. The molecular weight excluding hydrogens is 418 g/mol. The lowest BCUT2D eigenvalue weighted by Crippen LogP contribution is -2.41. The summed E-state index contributed by atoms with van der Waals surface area (Å²) in [7, 11) is 0. The fourth-order valence-corrected chi connectivity index (χ4v) is 6.75. The predicted octanol–water partition coefficient (Wildman–Crippen LogP) is 5.47. The van der Waals surface area contributed by atoms with Crippen molar-refractivity contribution in [2.75, 3.05) is 19.6 Å². The maximum atomic E-state index is 13.2. The lowest BCUT2D eigenvalue weighted by Gasteiger charge is -2.33. The van der Waals surface area contributed by atoms with Gasteiger partial charge in [-0.05, 0) is 73.9 Å². The van der Waals surface area contributed by atoms with Gasteiger partial charge in [0.25, 0.3) is 0 Å². The molecule has 1 N–H and O–H groups in total. The van der Waals surface area contributed by atoms with Crippen molar-refractivity contribution in [3.8, 4) is 0 Å². The molecule has 1 amide bonds. The molecule has 1 saturated heterocycles. The smallest absolute Gasteiger partial charge is 0.223 e. The fourth-order valence-electron chi connectivity index (χ4n) is 6.75. The van der Waals surface area contributed by atoms with Gasteiger partial charge in [0.2, 0.25) is 5.91 Å². The number of aromatic nitrogens is 1. The van der Waals surface area contributed by atoms with E-state index in [0.29, 0.717) is 5.91 Å². The highest BCUT2D eigenvalue weighted by atomic mass is 16.2. The van der Waals surface area contributed by atoms with E-state index in [4.69, 9.17) is 0 Å². The lowest BCUT2D eigenvalue weighted by molar-refractivity contribution is -0.123. The number of pyridine rings is 1. The summed E-state index contributed by atoms with van der Waals surface area (Å²) in [5, 5.41) is 4.67. The number of carbonyl (C=O) groups excluding carboxylic acids is 1. The summed E-state index contributed by atoms with van der Waals surface area (Å²) in [6.07, 6.45) is 10.2. The third-order valence-electron chi connectivity index (χ3n) is 9.04. The number of benzene rings is 2. The van der Waals surface area contributed by atoms with Gasteiger partial charge >= 0.3 is 0 Å². The number of nitrogens with one attached hydrogen (secondary N) is 1. The van der Waals surface area contributed by atoms with E-state index in [0.717, 1.165) is 51.0 Å². The Hall–Kier alpha value is -2.72. The zero-order valence-corrected chi connectivity index (χ0v) is 20.0. The van der Waals surface area contributed by atoms with E-state index in [1.165, 1.54) is 42.2 Å². The van der Waals surface area contributed by atoms with E-state index in [2.05, 4.69) is 75.9 Å². The molecule has 2 heterocycles. The van der Waals surface area contributed by atoms with E-state index in [-0.39, 0.29) is 16.7 Å². The molecule has 3 fully saturated rings. The van der Waals surface area contributed by atoms with Gasteiger partial charge in [-0.1, -0.05) is 61.4 Å². The number of fused-ring (bicyclic) bond motifs is 1. The van der Waals surface area contributed by atoms with Crippen molar-refractivity contribution >= 4 is 16.8 Å². The first kappa shape index (κ1) is 21.8. The fraction of sp³-hybridized carbons (Fsp3) is 0.467. The van der Waals surface area contributed by atoms with Gasteiger partial charge in [-0.2, -0.15) is 0 Å². The first-order valence-electron chi connectivity index (χ1n) is 13.1. The van der Waals surface area contributed by atoms with Crippen LogP contribution in [0.3, 0.4) is 0 Å². The minimum Gasteiger partial charge on any atom is -0.355 e. The van der Waals surface area contributed by atoms with Gasteiger partial charge in [-0.15, -0.1) is 0 Å². The van der Waals surface area contributed by atoms with Crippen molar-refractivity contribution in [1.29, 1.82) is 0 Å². The second kappa shape index (κ2) is 8.81. The largest absolute Gasteiger partial charge is 0.355 e. The van der Waals surface area contributed by atoms with Crippen LogP contribution in [-0.4, -0.2) is 35.4 Å². The summed E-state index contributed by atoms with van der Waals surface area (Å²) < 4.78 is 0. The van der Waals surface area contributed by atoms with E-state index >= 15 is 0 Å². The average Bonchev–Trinajstić information content (AvgIpc) is 3.37. The first-order chi connectivity index (χ1) is 16.7. The predicted molar refractivity (Wildman–Crippen MR) is 136 cm³/mol. The van der Waals surface area contributed by atoms with E-state index in [1.807, 2.05) is 6.20 Å². The Kier molecular flexibility index (Phi) is 5.65. The second-order valence-corrected chi connectivity index (χ2v) is 11.0. The monoisotopic (exact) mass is 453 g/mol. The summed E-state index contributed by atoms with van der Waals surface area (Å²) >= 11 is 0. The number of carbonyl (C=O) groups is 1. The van der Waals surface area contributed by atoms with E-state index < -0.39 is 0 Å². The molecule has 1 spiro atoms. The highest BCUT2D eigenvalue weighted by Gasteiger charge is 2.58. The molecule has 0 bridgehead atoms. The highest BCUT2D eigenvalue weighted by molar-refractivity contribution is 5.83. The van der Waals surface area contributed by atoms with Gasteiger partial charge in [-0.25, -0.2) is 0 Å². The Balaban J connectivity index is 1.05. The Morgan fingerprint density at radius 1 is 0.941 bits per heavy atom. The van der Waals surface area contributed by atoms with Crippen LogP contribution >= 0.6 is 0 Å². The van der Waals surface area contributed by atoms with Crippen LogP contribution in [-0.2, 0) is 16.8 Å². The van der Waals surface area contributed by atoms with Gasteiger partial charge in [-0.3, -0.25) is 14.7 Å². The van der Waals surface area contributed by atoms with Gasteiger partial charge in [0.1, 0.15) is 0 Å². The zero-order chi connectivity index (χ0) is 23.0. The Morgan fingerprint density at radius 2 is 1.68 bits per heavy atom. The molecule has 1 aromatic heterocycles. The van der Waals surface area contributed by atoms with E-state index in [1.54, 1.807) is 0 Å². The van der Waals surface area contributed by atoms with Crippen LogP contribution < -0.4 is 5.32 Å². The minimum atomic E-state index is 0.135. The molecule has 4 heteroatoms. The minimum absolute atomic E-state index is 0.135. The van der Waals surface area contributed by atoms with Crippen molar-refractivity contribution < 1.29 is 4.79 Å². The number of amides is 1. The molecule has 2 aromatic carbocycles. The number of para-hydroxylation sites is 1. The average molecular weight is 454 g/mol. The summed E-state index contributed by atoms with van der Waals surface area (Å²) in [5.41, 5.74) is 4.21. The second-order valence-electron chi connectivity index (χ2n) is 11.0. The van der Waals surface area contributed by atoms with Gasteiger partial charge in [0, 0.05) is 36.0 Å². The Bertz CT molecular complexity index is 1150. The van der Waals surface area contributed by atoms with Crippen LogP contribution in [0.15, 0.2) is 66.9 Å². The summed E-state index contributed by atoms with van der Waals surface area (Å²) in [4.78, 5) is 20.3. The molecular formula is C30H35N3O. The Morgan fingerprint density at radius 3 is 2.47 bits per heavy atom.